The molecule has 0 aliphatic heterocycles. The van der Waals surface area contributed by atoms with Crippen molar-refractivity contribution in [2.45, 2.75) is 0 Å². The molecule has 0 aliphatic rings. The van der Waals surface area contributed by atoms with E-state index < -0.39 is 0 Å². The van der Waals surface area contributed by atoms with E-state index in [1.807, 2.05) is 11.3 Å². The highest BCUT2D eigenvalue weighted by molar-refractivity contribution is 7.25. The Hall–Kier alpha value is -7.06. The van der Waals surface area contributed by atoms with Crippen molar-refractivity contribution in [1.29, 1.82) is 0 Å². The Morgan fingerprint density at radius 2 is 0.491 bits per heavy atom. The Labute approximate surface area is 332 Å². The summed E-state index contributed by atoms with van der Waals surface area (Å²) in [6.07, 6.45) is 0. The molecule has 0 N–H and O–H groups in total. The zero-order chi connectivity index (χ0) is 37.2. The van der Waals surface area contributed by atoms with Gasteiger partial charge >= 0.3 is 0 Å². The minimum absolute atomic E-state index is 1.25. The second-order valence-corrected chi connectivity index (χ2v) is 16.6. The van der Waals surface area contributed by atoms with Crippen molar-refractivity contribution < 1.29 is 0 Å². The largest absolute Gasteiger partial charge is 0.135 e. The second-order valence-electron chi connectivity index (χ2n) is 15.5. The minimum Gasteiger partial charge on any atom is -0.135 e. The maximum absolute atomic E-state index is 2.46. The summed E-state index contributed by atoms with van der Waals surface area (Å²) < 4.78 is 2.63. The third-order valence-electron chi connectivity index (χ3n) is 12.6. The van der Waals surface area contributed by atoms with Crippen molar-refractivity contribution in [2.75, 3.05) is 0 Å². The molecule has 13 rings (SSSR count). The predicted molar refractivity (Wildman–Crippen MR) is 250 cm³/mol. The number of fused-ring (bicyclic) bond motifs is 19. The van der Waals surface area contributed by atoms with Crippen LogP contribution < -0.4 is 0 Å². The van der Waals surface area contributed by atoms with Crippen LogP contribution in [0.25, 0.3) is 129 Å². The van der Waals surface area contributed by atoms with Gasteiger partial charge in [-0.2, -0.15) is 0 Å². The zero-order valence-corrected chi connectivity index (χ0v) is 31.7. The molecule has 0 fully saturated rings. The molecular weight excluding hydrogens is 705 g/mol. The van der Waals surface area contributed by atoms with E-state index in [1.54, 1.807) is 0 Å². The molecule has 0 spiro atoms. The summed E-state index contributed by atoms with van der Waals surface area (Å²) >= 11 is 1.89. The normalized spacial score (nSPS) is 12.2. The van der Waals surface area contributed by atoms with Gasteiger partial charge in [-0.25, -0.2) is 0 Å². The maximum atomic E-state index is 2.46. The van der Waals surface area contributed by atoms with Crippen LogP contribution in [-0.4, -0.2) is 0 Å². The fraction of sp³-hybridized carbons (Fsp3) is 0. The van der Waals surface area contributed by atoms with Gasteiger partial charge < -0.3 is 0 Å². The van der Waals surface area contributed by atoms with E-state index in [1.165, 1.54) is 129 Å². The summed E-state index contributed by atoms with van der Waals surface area (Å²) in [4.78, 5) is 0. The molecule has 12 aromatic carbocycles. The molecule has 0 bridgehead atoms. The molecule has 262 valence electrons. The first-order chi connectivity index (χ1) is 28.3. The molecule has 0 saturated heterocycles. The topological polar surface area (TPSA) is 0 Å². The molecule has 0 saturated carbocycles. The van der Waals surface area contributed by atoms with Crippen LogP contribution in [0.2, 0.25) is 0 Å². The SMILES string of the molecule is c1ccc2c(c1)c(-c1ccc3sc4ccc(-c5cc6c7ccccc7c7ccccc7c6c6ccccc56)cc4c3c1)cc1c3ccccc3c3ccccc3c21. The van der Waals surface area contributed by atoms with E-state index in [9.17, 15) is 0 Å². The van der Waals surface area contributed by atoms with Gasteiger partial charge in [-0.3, -0.25) is 0 Å². The quantitative estimate of drug-likeness (QED) is 0.155. The monoisotopic (exact) mass is 736 g/mol. The van der Waals surface area contributed by atoms with Crippen LogP contribution in [0, 0.1) is 0 Å². The molecule has 0 nitrogen and oxygen atoms in total. The minimum atomic E-state index is 1.25. The molecule has 0 amide bonds. The summed E-state index contributed by atoms with van der Waals surface area (Å²) in [6.45, 7) is 0. The highest BCUT2D eigenvalue weighted by atomic mass is 32.1. The summed E-state index contributed by atoms with van der Waals surface area (Å²) in [5.41, 5.74) is 5.04. The fourth-order valence-electron chi connectivity index (χ4n) is 10.1. The van der Waals surface area contributed by atoms with Gasteiger partial charge in [0.05, 0.1) is 0 Å². The van der Waals surface area contributed by atoms with E-state index in [0.717, 1.165) is 0 Å². The smallest absolute Gasteiger partial charge is 0.0355 e. The average molecular weight is 737 g/mol. The van der Waals surface area contributed by atoms with Crippen LogP contribution in [0.1, 0.15) is 0 Å². The molecule has 13 aromatic rings. The van der Waals surface area contributed by atoms with Gasteiger partial charge in [0, 0.05) is 20.2 Å². The van der Waals surface area contributed by atoms with Gasteiger partial charge in [0.2, 0.25) is 0 Å². The second kappa shape index (κ2) is 11.7. The first kappa shape index (κ1) is 31.2. The standard InChI is InChI=1S/C56H32S/c1-3-17-39-35(13-1)37-15-5-9-21-43(37)55-45-23-11-7-19-41(45)47(31-51(39)55)33-25-27-53-49(29-33)50-30-34(26-28-54(50)57-53)48-32-52-40-18-4-2-14-36(40)38-16-6-10-22-44(38)56(52)46-24-12-8-20-42(46)48/h1-32H. The molecule has 0 atom stereocenters. The zero-order valence-electron chi connectivity index (χ0n) is 30.9. The lowest BCUT2D eigenvalue weighted by atomic mass is 9.87. The summed E-state index contributed by atoms with van der Waals surface area (Å²) in [6, 6.07) is 72.8. The van der Waals surface area contributed by atoms with Crippen molar-refractivity contribution in [2.24, 2.45) is 0 Å². The van der Waals surface area contributed by atoms with Crippen LogP contribution in [0.5, 0.6) is 0 Å². The Balaban J connectivity index is 1.07. The molecule has 0 aliphatic carbocycles. The number of rotatable bonds is 2. The van der Waals surface area contributed by atoms with Crippen LogP contribution in [0.4, 0.5) is 0 Å². The number of benzene rings is 12. The number of hydrogen-bond acceptors (Lipinski definition) is 1. The third-order valence-corrected chi connectivity index (χ3v) is 13.7. The number of hydrogen-bond donors (Lipinski definition) is 0. The first-order valence-electron chi connectivity index (χ1n) is 19.8. The fourth-order valence-corrected chi connectivity index (χ4v) is 11.2. The highest BCUT2D eigenvalue weighted by Gasteiger charge is 2.18. The average Bonchev–Trinajstić information content (AvgIpc) is 3.65. The number of thiophene rings is 1. The highest BCUT2D eigenvalue weighted by Crippen LogP contribution is 2.47. The lowest BCUT2D eigenvalue weighted by Gasteiger charge is -2.16. The Kier molecular flexibility index (Phi) is 6.41. The van der Waals surface area contributed by atoms with Crippen LogP contribution >= 0.6 is 11.3 Å². The van der Waals surface area contributed by atoms with E-state index in [4.69, 9.17) is 0 Å². The van der Waals surface area contributed by atoms with Gasteiger partial charge in [0.1, 0.15) is 0 Å². The van der Waals surface area contributed by atoms with Crippen molar-refractivity contribution in [1.82, 2.24) is 0 Å². The molecule has 1 aromatic heterocycles. The molecule has 1 heterocycles. The lowest BCUT2D eigenvalue weighted by Crippen LogP contribution is -1.89. The van der Waals surface area contributed by atoms with Gasteiger partial charge in [0.15, 0.2) is 0 Å². The lowest BCUT2D eigenvalue weighted by molar-refractivity contribution is 1.72. The van der Waals surface area contributed by atoms with Gasteiger partial charge in [-0.05, 0) is 145 Å². The van der Waals surface area contributed by atoms with E-state index in [-0.39, 0.29) is 0 Å². The van der Waals surface area contributed by atoms with Crippen molar-refractivity contribution in [3.63, 3.8) is 0 Å². The predicted octanol–water partition coefficient (Wildman–Crippen LogP) is 16.6. The van der Waals surface area contributed by atoms with Crippen LogP contribution in [-0.2, 0) is 0 Å². The third kappa shape index (κ3) is 4.38. The van der Waals surface area contributed by atoms with Crippen LogP contribution in [0.3, 0.4) is 0 Å². The van der Waals surface area contributed by atoms with E-state index >= 15 is 0 Å². The Morgan fingerprint density at radius 3 is 0.860 bits per heavy atom. The summed E-state index contributed by atoms with van der Waals surface area (Å²) in [7, 11) is 0. The molecule has 0 radical (unpaired) electrons. The van der Waals surface area contributed by atoms with Gasteiger partial charge in [0.25, 0.3) is 0 Å². The van der Waals surface area contributed by atoms with E-state index in [2.05, 4.69) is 194 Å². The van der Waals surface area contributed by atoms with Gasteiger partial charge in [-0.1, -0.05) is 158 Å². The van der Waals surface area contributed by atoms with Crippen molar-refractivity contribution in [3.8, 4) is 22.3 Å². The Morgan fingerprint density at radius 1 is 0.211 bits per heavy atom. The summed E-state index contributed by atoms with van der Waals surface area (Å²) in [5.74, 6) is 0. The maximum Gasteiger partial charge on any atom is 0.0355 e. The molecular formula is C56H32S. The van der Waals surface area contributed by atoms with Crippen LogP contribution in [0.15, 0.2) is 194 Å². The first-order valence-corrected chi connectivity index (χ1v) is 20.6. The molecule has 0 unspecified atom stereocenters. The Bertz CT molecular complexity index is 3610. The molecule has 57 heavy (non-hydrogen) atoms. The van der Waals surface area contributed by atoms with Gasteiger partial charge in [-0.15, -0.1) is 11.3 Å². The van der Waals surface area contributed by atoms with Crippen molar-refractivity contribution >= 4 is 118 Å². The van der Waals surface area contributed by atoms with Crippen molar-refractivity contribution in [3.05, 3.63) is 194 Å². The van der Waals surface area contributed by atoms with E-state index in [0.29, 0.717) is 0 Å². The summed E-state index contributed by atoms with van der Waals surface area (Å²) in [5, 5.41) is 23.5. The molecule has 1 heteroatoms.